The highest BCUT2D eigenvalue weighted by Gasteiger charge is 2.30. The first kappa shape index (κ1) is 15.5. The molecule has 0 amide bonds. The zero-order valence-electron chi connectivity index (χ0n) is 12.9. The Balaban J connectivity index is 1.84. The number of rotatable bonds is 6. The number of carbonyl (C=O) groups is 1. The van der Waals surface area contributed by atoms with Gasteiger partial charge in [-0.2, -0.15) is 0 Å². The molecule has 0 aliphatic carbocycles. The van der Waals surface area contributed by atoms with Gasteiger partial charge < -0.3 is 9.47 Å². The number of allylic oxidation sites excluding steroid dienone is 3. The van der Waals surface area contributed by atoms with Crippen molar-refractivity contribution in [3.63, 3.8) is 0 Å². The largest absolute Gasteiger partial charge is 0.428 e. The zero-order chi connectivity index (χ0) is 15.2. The van der Waals surface area contributed by atoms with E-state index in [9.17, 15) is 4.79 Å². The molecule has 1 heterocycles. The van der Waals surface area contributed by atoms with E-state index in [1.54, 1.807) is 6.07 Å². The van der Waals surface area contributed by atoms with Crippen LogP contribution in [0.5, 0.6) is 0 Å². The highest BCUT2D eigenvalue weighted by molar-refractivity contribution is 5.93. The minimum atomic E-state index is -0.574. The van der Waals surface area contributed by atoms with Crippen LogP contribution in [0.2, 0.25) is 0 Å². The summed E-state index contributed by atoms with van der Waals surface area (Å²) in [7, 11) is 0. The smallest absolute Gasteiger partial charge is 0.341 e. The number of ether oxygens (including phenoxy) is 2. The van der Waals surface area contributed by atoms with Gasteiger partial charge in [0, 0.05) is 5.56 Å². The number of carbonyl (C=O) groups excluding carboxylic acids is 1. The third-order valence-corrected chi connectivity index (χ3v) is 3.42. The summed E-state index contributed by atoms with van der Waals surface area (Å²) in [5, 5.41) is 0. The van der Waals surface area contributed by atoms with Gasteiger partial charge >= 0.3 is 5.97 Å². The minimum Gasteiger partial charge on any atom is -0.428 e. The molecule has 21 heavy (non-hydrogen) atoms. The maximum absolute atomic E-state index is 11.7. The molecule has 0 N–H and O–H groups in total. The fraction of sp³-hybridized carbons (Fsp3) is 0.389. The molecule has 1 aliphatic rings. The summed E-state index contributed by atoms with van der Waals surface area (Å²) in [6.07, 6.45) is 5.78. The van der Waals surface area contributed by atoms with E-state index < -0.39 is 6.29 Å². The lowest BCUT2D eigenvalue weighted by molar-refractivity contribution is -0.0944. The normalized spacial score (nSPS) is 17.4. The predicted octanol–water partition coefficient (Wildman–Crippen LogP) is 4.56. The van der Waals surface area contributed by atoms with Gasteiger partial charge in [-0.3, -0.25) is 0 Å². The molecule has 0 fully saturated rings. The predicted molar refractivity (Wildman–Crippen MR) is 83.0 cm³/mol. The summed E-state index contributed by atoms with van der Waals surface area (Å²) in [6.45, 7) is 6.76. The Morgan fingerprint density at radius 3 is 2.76 bits per heavy atom. The molecule has 1 unspecified atom stereocenters. The minimum absolute atomic E-state index is 0.306. The zero-order valence-corrected chi connectivity index (χ0v) is 12.9. The van der Waals surface area contributed by atoms with Crippen LogP contribution in [-0.4, -0.2) is 12.6 Å². The van der Waals surface area contributed by atoms with Crippen molar-refractivity contribution in [1.82, 2.24) is 0 Å². The van der Waals surface area contributed by atoms with Gasteiger partial charge in [0.1, 0.15) is 0 Å². The van der Waals surface area contributed by atoms with Crippen LogP contribution in [0.1, 0.15) is 55.8 Å². The average Bonchev–Trinajstić information content (AvgIpc) is 2.76. The third-order valence-electron chi connectivity index (χ3n) is 3.42. The van der Waals surface area contributed by atoms with Gasteiger partial charge in [-0.25, -0.2) is 4.79 Å². The molecular formula is C18H22O3. The lowest BCUT2D eigenvalue weighted by Crippen LogP contribution is -2.04. The van der Waals surface area contributed by atoms with Gasteiger partial charge in [0.15, 0.2) is 0 Å². The number of fused-ring (bicyclic) bond motifs is 1. The SMILES string of the molecule is CC(C)=CCC/C(C)=C/COC1OC(=O)c2ccccc21. The van der Waals surface area contributed by atoms with E-state index in [1.807, 2.05) is 24.3 Å². The van der Waals surface area contributed by atoms with E-state index >= 15 is 0 Å². The van der Waals surface area contributed by atoms with Gasteiger partial charge in [0.25, 0.3) is 0 Å². The summed E-state index contributed by atoms with van der Waals surface area (Å²) >= 11 is 0. The first-order valence-corrected chi connectivity index (χ1v) is 7.28. The van der Waals surface area contributed by atoms with Crippen LogP contribution in [0.25, 0.3) is 0 Å². The maximum Gasteiger partial charge on any atom is 0.341 e. The van der Waals surface area contributed by atoms with Crippen molar-refractivity contribution in [2.24, 2.45) is 0 Å². The molecule has 1 atom stereocenters. The standard InChI is InChI=1S/C18H22O3/c1-13(2)7-6-8-14(3)11-12-20-18-16-10-5-4-9-15(16)17(19)21-18/h4-5,7,9-11,18H,6,8,12H2,1-3H3/b14-11+. The number of hydrogen-bond acceptors (Lipinski definition) is 3. The first-order valence-electron chi connectivity index (χ1n) is 7.28. The van der Waals surface area contributed by atoms with E-state index in [-0.39, 0.29) is 5.97 Å². The molecule has 112 valence electrons. The fourth-order valence-corrected chi connectivity index (χ4v) is 2.20. The Morgan fingerprint density at radius 1 is 1.24 bits per heavy atom. The highest BCUT2D eigenvalue weighted by Crippen LogP contribution is 2.31. The first-order chi connectivity index (χ1) is 10.1. The number of cyclic esters (lactones) is 1. The highest BCUT2D eigenvalue weighted by atomic mass is 16.7. The lowest BCUT2D eigenvalue weighted by Gasteiger charge is -2.10. The van der Waals surface area contributed by atoms with Crippen LogP contribution in [0, 0.1) is 0 Å². The molecule has 1 aromatic rings. The molecular weight excluding hydrogens is 264 g/mol. The molecule has 0 saturated heterocycles. The van der Waals surface area contributed by atoms with E-state index in [0.29, 0.717) is 12.2 Å². The molecule has 1 aromatic carbocycles. The van der Waals surface area contributed by atoms with Crippen molar-refractivity contribution in [1.29, 1.82) is 0 Å². The second kappa shape index (κ2) is 7.23. The van der Waals surface area contributed by atoms with Gasteiger partial charge in [0.2, 0.25) is 6.29 Å². The maximum atomic E-state index is 11.7. The Labute approximate surface area is 126 Å². The van der Waals surface area contributed by atoms with Crippen LogP contribution in [0.3, 0.4) is 0 Å². The van der Waals surface area contributed by atoms with Crippen molar-refractivity contribution in [3.05, 3.63) is 58.7 Å². The van der Waals surface area contributed by atoms with E-state index in [2.05, 4.69) is 26.8 Å². The van der Waals surface area contributed by atoms with Crippen LogP contribution in [0.15, 0.2) is 47.6 Å². The number of hydrogen-bond donors (Lipinski definition) is 0. The Morgan fingerprint density at radius 2 is 2.00 bits per heavy atom. The van der Waals surface area contributed by atoms with Crippen molar-refractivity contribution in [3.8, 4) is 0 Å². The molecule has 0 radical (unpaired) electrons. The van der Waals surface area contributed by atoms with Gasteiger partial charge in [-0.05, 0) is 39.7 Å². The Hall–Kier alpha value is -1.87. The van der Waals surface area contributed by atoms with Crippen LogP contribution >= 0.6 is 0 Å². The van der Waals surface area contributed by atoms with E-state index in [4.69, 9.17) is 9.47 Å². The molecule has 3 heteroatoms. The van der Waals surface area contributed by atoms with Crippen molar-refractivity contribution in [2.75, 3.05) is 6.61 Å². The van der Waals surface area contributed by atoms with Gasteiger partial charge in [-0.15, -0.1) is 0 Å². The molecule has 0 aromatic heterocycles. The topological polar surface area (TPSA) is 35.5 Å². The van der Waals surface area contributed by atoms with Crippen molar-refractivity contribution < 1.29 is 14.3 Å². The summed E-state index contributed by atoms with van der Waals surface area (Å²) in [4.78, 5) is 11.7. The Bertz CT molecular complexity index is 566. The summed E-state index contributed by atoms with van der Waals surface area (Å²) in [6, 6.07) is 7.35. The van der Waals surface area contributed by atoms with Crippen LogP contribution in [0.4, 0.5) is 0 Å². The fourth-order valence-electron chi connectivity index (χ4n) is 2.20. The van der Waals surface area contributed by atoms with Crippen molar-refractivity contribution in [2.45, 2.75) is 39.9 Å². The monoisotopic (exact) mass is 286 g/mol. The molecule has 0 saturated carbocycles. The van der Waals surface area contributed by atoms with Crippen LogP contribution in [-0.2, 0) is 9.47 Å². The number of esters is 1. The van der Waals surface area contributed by atoms with E-state index in [1.165, 1.54) is 11.1 Å². The second-order valence-corrected chi connectivity index (χ2v) is 5.53. The van der Waals surface area contributed by atoms with Gasteiger partial charge in [-0.1, -0.05) is 41.5 Å². The van der Waals surface area contributed by atoms with Crippen molar-refractivity contribution >= 4 is 5.97 Å². The molecule has 0 spiro atoms. The molecule has 1 aliphatic heterocycles. The summed E-state index contributed by atoms with van der Waals surface area (Å²) in [5.74, 6) is -0.306. The second-order valence-electron chi connectivity index (χ2n) is 5.53. The van der Waals surface area contributed by atoms with Gasteiger partial charge in [0.05, 0.1) is 12.2 Å². The lowest BCUT2D eigenvalue weighted by atomic mass is 10.1. The quantitative estimate of drug-likeness (QED) is 0.568. The Kier molecular flexibility index (Phi) is 5.34. The molecule has 3 nitrogen and oxygen atoms in total. The van der Waals surface area contributed by atoms with Crippen LogP contribution < -0.4 is 0 Å². The summed E-state index contributed by atoms with van der Waals surface area (Å²) in [5.41, 5.74) is 4.04. The summed E-state index contributed by atoms with van der Waals surface area (Å²) < 4.78 is 10.9. The number of benzene rings is 1. The average molecular weight is 286 g/mol. The molecule has 0 bridgehead atoms. The van der Waals surface area contributed by atoms with E-state index in [0.717, 1.165) is 18.4 Å². The third kappa shape index (κ3) is 4.30. The molecule has 2 rings (SSSR count).